The van der Waals surface area contributed by atoms with E-state index in [0.717, 1.165) is 4.31 Å². The molecule has 0 bridgehead atoms. The number of carbonyl (C=O) groups is 2. The summed E-state index contributed by atoms with van der Waals surface area (Å²) in [6, 6.07) is 12.4. The molecule has 0 unspecified atom stereocenters. The van der Waals surface area contributed by atoms with Gasteiger partial charge in [-0.1, -0.05) is 0 Å². The van der Waals surface area contributed by atoms with Crippen molar-refractivity contribution < 1.29 is 32.2 Å². The van der Waals surface area contributed by atoms with Gasteiger partial charge in [0.2, 0.25) is 10.0 Å². The summed E-state index contributed by atoms with van der Waals surface area (Å²) in [5.74, 6) is -0.280. The average Bonchev–Trinajstić information content (AvgIpc) is 3.14. The van der Waals surface area contributed by atoms with E-state index >= 15 is 0 Å². The summed E-state index contributed by atoms with van der Waals surface area (Å²) in [5.41, 5.74) is 6.38. The Bertz CT molecular complexity index is 1340. The normalized spacial score (nSPS) is 12.1. The molecule has 0 aliphatic carbocycles. The van der Waals surface area contributed by atoms with Gasteiger partial charge in [0.05, 0.1) is 31.2 Å². The summed E-state index contributed by atoms with van der Waals surface area (Å²) in [7, 11) is -1.53. The Morgan fingerprint density at radius 2 is 1.69 bits per heavy atom. The van der Waals surface area contributed by atoms with Crippen molar-refractivity contribution in [1.82, 2.24) is 8.87 Å². The minimum atomic E-state index is -4.17. The highest BCUT2D eigenvalue weighted by atomic mass is 32.2. The molecule has 1 aromatic heterocycles. The largest absolute Gasteiger partial charge is 0.497 e. The number of sulfonamides is 1. The fourth-order valence-electron chi connectivity index (χ4n) is 3.44. The van der Waals surface area contributed by atoms with Crippen LogP contribution < -0.4 is 10.5 Å². The van der Waals surface area contributed by atoms with E-state index in [2.05, 4.69) is 0 Å². The number of nitrogens with zero attached hydrogens (tertiary/aromatic N) is 2. The number of nitrogens with two attached hydrogens (primary N) is 1. The molecule has 3 aromatic rings. The number of esters is 1. The van der Waals surface area contributed by atoms with Crippen molar-refractivity contribution in [2.45, 2.75) is 37.8 Å². The number of benzene rings is 2. The quantitative estimate of drug-likeness (QED) is 0.384. The van der Waals surface area contributed by atoms with Crippen molar-refractivity contribution in [3.63, 3.8) is 0 Å². The maximum absolute atomic E-state index is 13.5. The van der Waals surface area contributed by atoms with Crippen molar-refractivity contribution in [3.05, 3.63) is 54.2 Å². The molecule has 0 saturated carbocycles. The van der Waals surface area contributed by atoms with Gasteiger partial charge in [-0.2, -0.15) is 4.31 Å². The molecular weight excluding hydrogens is 474 g/mol. The molecule has 0 fully saturated rings. The third-order valence-electron chi connectivity index (χ3n) is 5.05. The maximum Gasteiger partial charge on any atom is 0.419 e. The Balaban J connectivity index is 2.12. The molecule has 10 nitrogen and oxygen atoms in total. The molecular formula is C24H29N3O7S. The van der Waals surface area contributed by atoms with E-state index in [-0.39, 0.29) is 11.4 Å². The van der Waals surface area contributed by atoms with Gasteiger partial charge in [-0.25, -0.2) is 17.8 Å². The predicted molar refractivity (Wildman–Crippen MR) is 131 cm³/mol. The van der Waals surface area contributed by atoms with E-state index in [4.69, 9.17) is 19.9 Å². The summed E-state index contributed by atoms with van der Waals surface area (Å²) in [6.45, 7) is 4.31. The molecule has 0 atom stereocenters. The number of nitrogen functional groups attached to an aromatic ring is 1. The zero-order chi connectivity index (χ0) is 26.0. The van der Waals surface area contributed by atoms with Crippen LogP contribution in [0, 0.1) is 0 Å². The molecule has 1 heterocycles. The van der Waals surface area contributed by atoms with E-state index in [0.29, 0.717) is 28.0 Å². The third-order valence-corrected chi connectivity index (χ3v) is 6.85. The standard InChI is InChI=1S/C24H29N3O7S/c1-24(2,3)34-23(29)27-18(13-16-12-17(25)6-11-21(16)27)14-26(15-22(28)33-5)35(30,31)20-9-7-19(32-4)8-10-20/h6-13H,14-15,25H2,1-5H3. The van der Waals surface area contributed by atoms with Crippen molar-refractivity contribution in [2.24, 2.45) is 0 Å². The second kappa shape index (κ2) is 9.96. The highest BCUT2D eigenvalue weighted by Gasteiger charge is 2.30. The number of ether oxygens (including phenoxy) is 3. The van der Waals surface area contributed by atoms with Gasteiger partial charge in [0.25, 0.3) is 0 Å². The van der Waals surface area contributed by atoms with Crippen LogP contribution >= 0.6 is 0 Å². The number of hydrogen-bond acceptors (Lipinski definition) is 8. The van der Waals surface area contributed by atoms with E-state index in [1.807, 2.05) is 0 Å². The minimum absolute atomic E-state index is 0.0497. The van der Waals surface area contributed by atoms with Gasteiger partial charge in [0.15, 0.2) is 0 Å². The first kappa shape index (κ1) is 26.0. The lowest BCUT2D eigenvalue weighted by atomic mass is 10.2. The fraction of sp³-hybridized carbons (Fsp3) is 0.333. The number of hydrogen-bond donors (Lipinski definition) is 1. The molecule has 0 aliphatic heterocycles. The van der Waals surface area contributed by atoms with Crippen molar-refractivity contribution in [3.8, 4) is 5.75 Å². The third kappa shape index (κ3) is 5.92. The molecule has 0 aliphatic rings. The highest BCUT2D eigenvalue weighted by Crippen LogP contribution is 2.27. The van der Waals surface area contributed by atoms with Crippen LogP contribution in [0.2, 0.25) is 0 Å². The number of rotatable bonds is 7. The Morgan fingerprint density at radius 3 is 2.26 bits per heavy atom. The second-order valence-corrected chi connectivity index (χ2v) is 10.7. The molecule has 3 rings (SSSR count). The Hall–Kier alpha value is -3.57. The molecule has 35 heavy (non-hydrogen) atoms. The summed E-state index contributed by atoms with van der Waals surface area (Å²) in [4.78, 5) is 25.2. The van der Waals surface area contributed by atoms with E-state index in [1.165, 1.54) is 43.1 Å². The van der Waals surface area contributed by atoms with Gasteiger partial charge in [-0.3, -0.25) is 4.79 Å². The molecule has 188 valence electrons. The first-order valence-electron chi connectivity index (χ1n) is 10.7. The maximum atomic E-state index is 13.5. The van der Waals surface area contributed by atoms with Crippen molar-refractivity contribution >= 4 is 38.7 Å². The lowest BCUT2D eigenvalue weighted by molar-refractivity contribution is -0.140. The van der Waals surface area contributed by atoms with Gasteiger partial charge in [-0.15, -0.1) is 0 Å². The Morgan fingerprint density at radius 1 is 1.03 bits per heavy atom. The molecule has 2 aromatic carbocycles. The van der Waals surface area contributed by atoms with Crippen LogP contribution in [-0.2, 0) is 30.8 Å². The smallest absolute Gasteiger partial charge is 0.419 e. The lowest BCUT2D eigenvalue weighted by Gasteiger charge is -2.24. The Labute approximate surface area is 204 Å². The van der Waals surface area contributed by atoms with Crippen molar-refractivity contribution in [2.75, 3.05) is 26.5 Å². The van der Waals surface area contributed by atoms with Gasteiger partial charge < -0.3 is 19.9 Å². The average molecular weight is 504 g/mol. The molecule has 2 N–H and O–H groups in total. The minimum Gasteiger partial charge on any atom is -0.497 e. The molecule has 0 saturated heterocycles. The van der Waals surface area contributed by atoms with Crippen LogP contribution in [0.15, 0.2) is 53.4 Å². The molecule has 11 heteroatoms. The van der Waals surface area contributed by atoms with Gasteiger partial charge in [-0.05, 0) is 69.3 Å². The zero-order valence-electron chi connectivity index (χ0n) is 20.3. The van der Waals surface area contributed by atoms with E-state index < -0.39 is 34.2 Å². The van der Waals surface area contributed by atoms with E-state index in [9.17, 15) is 18.0 Å². The monoisotopic (exact) mass is 503 g/mol. The summed E-state index contributed by atoms with van der Waals surface area (Å²) < 4.78 is 44.6. The van der Waals surface area contributed by atoms with Crippen LogP contribution in [0.5, 0.6) is 5.75 Å². The second-order valence-electron chi connectivity index (χ2n) is 8.79. The number of methoxy groups -OCH3 is 2. The number of anilines is 1. The summed E-state index contributed by atoms with van der Waals surface area (Å²) in [5, 5.41) is 0.616. The molecule has 0 amide bonds. The van der Waals surface area contributed by atoms with Gasteiger partial charge in [0, 0.05) is 16.8 Å². The number of carbonyl (C=O) groups excluding carboxylic acids is 2. The predicted octanol–water partition coefficient (Wildman–Crippen LogP) is 3.38. The zero-order valence-corrected chi connectivity index (χ0v) is 21.1. The topological polar surface area (TPSA) is 130 Å². The highest BCUT2D eigenvalue weighted by molar-refractivity contribution is 7.89. The van der Waals surface area contributed by atoms with Crippen LogP contribution in [0.1, 0.15) is 26.5 Å². The van der Waals surface area contributed by atoms with Crippen LogP contribution in [-0.4, -0.2) is 55.7 Å². The summed E-state index contributed by atoms with van der Waals surface area (Å²) in [6.07, 6.45) is -0.688. The first-order valence-corrected chi connectivity index (χ1v) is 12.1. The molecule has 0 spiro atoms. The SMILES string of the molecule is COC(=O)CN(Cc1cc2cc(N)ccc2n1C(=O)OC(C)(C)C)S(=O)(=O)c1ccc(OC)cc1. The fourth-order valence-corrected chi connectivity index (χ4v) is 4.80. The van der Waals surface area contributed by atoms with Crippen LogP contribution in [0.25, 0.3) is 10.9 Å². The Kier molecular flexibility index (Phi) is 7.41. The van der Waals surface area contributed by atoms with Gasteiger partial charge in [0.1, 0.15) is 17.9 Å². The van der Waals surface area contributed by atoms with E-state index in [1.54, 1.807) is 45.0 Å². The number of fused-ring (bicyclic) bond motifs is 1. The van der Waals surface area contributed by atoms with Crippen LogP contribution in [0.3, 0.4) is 0 Å². The van der Waals surface area contributed by atoms with Gasteiger partial charge >= 0.3 is 12.1 Å². The number of aromatic nitrogens is 1. The van der Waals surface area contributed by atoms with Crippen molar-refractivity contribution in [1.29, 1.82) is 0 Å². The van der Waals surface area contributed by atoms with Crippen LogP contribution in [0.4, 0.5) is 10.5 Å². The summed E-state index contributed by atoms with van der Waals surface area (Å²) >= 11 is 0. The molecule has 0 radical (unpaired) electrons. The first-order chi connectivity index (χ1) is 16.4. The lowest BCUT2D eigenvalue weighted by Crippen LogP contribution is -2.37.